The number of rotatable bonds is 3. The van der Waals surface area contributed by atoms with E-state index < -0.39 is 0 Å². The summed E-state index contributed by atoms with van der Waals surface area (Å²) in [7, 11) is 0. The van der Waals surface area contributed by atoms with Crippen LogP contribution in [0.5, 0.6) is 0 Å². The van der Waals surface area contributed by atoms with Gasteiger partial charge in [0.15, 0.2) is 6.29 Å². The van der Waals surface area contributed by atoms with Crippen LogP contribution in [0.15, 0.2) is 12.2 Å². The lowest BCUT2D eigenvalue weighted by Gasteiger charge is -2.59. The Morgan fingerprint density at radius 1 is 1.04 bits per heavy atom. The minimum absolute atomic E-state index is 0.0434. The van der Waals surface area contributed by atoms with Crippen LogP contribution in [0.3, 0.4) is 0 Å². The Morgan fingerprint density at radius 3 is 2.71 bits per heavy atom. The molecular weight excluding hydrogens is 348 g/mol. The van der Waals surface area contributed by atoms with Gasteiger partial charge in [0, 0.05) is 12.5 Å². The fourth-order valence-electron chi connectivity index (χ4n) is 8.12. The Labute approximate surface area is 170 Å². The van der Waals surface area contributed by atoms with Gasteiger partial charge in [-0.1, -0.05) is 26.0 Å². The summed E-state index contributed by atoms with van der Waals surface area (Å²) in [5.41, 5.74) is 0.629. The van der Waals surface area contributed by atoms with Crippen LogP contribution < -0.4 is 0 Å². The van der Waals surface area contributed by atoms with E-state index in [9.17, 15) is 4.79 Å². The largest absolute Gasteiger partial charge is 0.353 e. The first-order valence-electron chi connectivity index (χ1n) is 12.0. The molecule has 0 radical (unpaired) electrons. The average molecular weight is 387 g/mol. The first-order valence-corrected chi connectivity index (χ1v) is 12.0. The summed E-state index contributed by atoms with van der Waals surface area (Å²) in [6.07, 6.45) is 18.7. The van der Waals surface area contributed by atoms with E-state index in [1.807, 2.05) is 0 Å². The summed E-state index contributed by atoms with van der Waals surface area (Å²) in [5.74, 6) is 3.27. The van der Waals surface area contributed by atoms with Crippen LogP contribution in [0.4, 0.5) is 0 Å². The highest BCUT2D eigenvalue weighted by atomic mass is 16.7. The van der Waals surface area contributed by atoms with E-state index in [1.165, 1.54) is 51.4 Å². The zero-order chi connectivity index (χ0) is 19.4. The van der Waals surface area contributed by atoms with E-state index in [0.717, 1.165) is 43.5 Å². The molecule has 5 aliphatic rings. The lowest BCUT2D eigenvalue weighted by atomic mass is 9.46. The molecule has 4 aliphatic carbocycles. The molecule has 1 aliphatic heterocycles. The molecular formula is C25H38O3. The maximum Gasteiger partial charge on any atom is 0.157 e. The van der Waals surface area contributed by atoms with Crippen molar-refractivity contribution < 1.29 is 14.3 Å². The molecule has 1 saturated heterocycles. The second-order valence-corrected chi connectivity index (χ2v) is 11.0. The van der Waals surface area contributed by atoms with Crippen molar-refractivity contribution in [3.63, 3.8) is 0 Å². The Kier molecular flexibility index (Phi) is 4.99. The maximum atomic E-state index is 11.3. The number of allylic oxidation sites excluding steroid dienone is 2. The van der Waals surface area contributed by atoms with Gasteiger partial charge in [-0.25, -0.2) is 0 Å². The van der Waals surface area contributed by atoms with Gasteiger partial charge in [0.05, 0.1) is 6.10 Å². The first kappa shape index (κ1) is 19.3. The highest BCUT2D eigenvalue weighted by Gasteiger charge is 2.60. The lowest BCUT2D eigenvalue weighted by Crippen LogP contribution is -2.53. The van der Waals surface area contributed by atoms with Crippen LogP contribution in [-0.2, 0) is 14.3 Å². The Hall–Kier alpha value is -0.670. The Balaban J connectivity index is 1.34. The summed E-state index contributed by atoms with van der Waals surface area (Å²) in [6, 6.07) is 0. The van der Waals surface area contributed by atoms with Gasteiger partial charge in [-0.05, 0) is 98.7 Å². The summed E-state index contributed by atoms with van der Waals surface area (Å²) in [4.78, 5) is 11.3. The number of hydrogen-bond acceptors (Lipinski definition) is 3. The first-order chi connectivity index (χ1) is 13.5. The van der Waals surface area contributed by atoms with Crippen LogP contribution in [0, 0.1) is 40.4 Å². The average Bonchev–Trinajstić information content (AvgIpc) is 3.04. The van der Waals surface area contributed by atoms with Crippen LogP contribution in [0.1, 0.15) is 78.1 Å². The van der Waals surface area contributed by atoms with Crippen molar-refractivity contribution in [3.05, 3.63) is 12.2 Å². The topological polar surface area (TPSA) is 35.5 Å². The summed E-state index contributed by atoms with van der Waals surface area (Å²) in [5, 5.41) is 0. The quantitative estimate of drug-likeness (QED) is 0.472. The van der Waals surface area contributed by atoms with Crippen LogP contribution in [0.2, 0.25) is 0 Å². The predicted molar refractivity (Wildman–Crippen MR) is 110 cm³/mol. The molecule has 2 unspecified atom stereocenters. The molecule has 3 heteroatoms. The number of ether oxygens (including phenoxy) is 2. The van der Waals surface area contributed by atoms with Gasteiger partial charge in [0.1, 0.15) is 6.29 Å². The number of hydrogen-bond donors (Lipinski definition) is 0. The zero-order valence-electron chi connectivity index (χ0n) is 17.8. The third-order valence-electron chi connectivity index (χ3n) is 9.77. The number of carbonyl (C=O) groups is 1. The van der Waals surface area contributed by atoms with E-state index in [2.05, 4.69) is 26.0 Å². The van der Waals surface area contributed by atoms with E-state index >= 15 is 0 Å². The molecule has 28 heavy (non-hydrogen) atoms. The molecule has 0 N–H and O–H groups in total. The number of aldehydes is 1. The number of carbonyl (C=O) groups excluding carboxylic acids is 1. The molecule has 0 aromatic heterocycles. The second-order valence-electron chi connectivity index (χ2n) is 11.0. The SMILES string of the molecule is C[C@]12C=CC(C=O)C[C@@H]1CC[C@@H]1[C@@H]2CC[C@]2(C)[C@@H](OC3CCCCO3)CC[C@@H]12. The van der Waals surface area contributed by atoms with E-state index in [-0.39, 0.29) is 12.2 Å². The van der Waals surface area contributed by atoms with E-state index in [1.54, 1.807) is 0 Å². The van der Waals surface area contributed by atoms with Crippen LogP contribution in [-0.4, -0.2) is 25.3 Å². The van der Waals surface area contributed by atoms with Gasteiger partial charge in [-0.2, -0.15) is 0 Å². The van der Waals surface area contributed by atoms with E-state index in [0.29, 0.717) is 22.9 Å². The van der Waals surface area contributed by atoms with Gasteiger partial charge < -0.3 is 14.3 Å². The molecule has 3 saturated carbocycles. The zero-order valence-corrected chi connectivity index (χ0v) is 17.8. The molecule has 0 amide bonds. The standard InChI is InChI=1S/C25H38O3/c1-24-12-10-17(16-26)15-18(24)6-7-19-20-8-9-22(25(20,2)13-11-21(19)24)28-23-5-3-4-14-27-23/h10,12,16-23H,3-9,11,13-15H2,1-2H3/t17?,18-,19-,20-,21-,22-,23?,24-,25-/m0/s1. The van der Waals surface area contributed by atoms with Gasteiger partial charge in [-0.15, -0.1) is 0 Å². The van der Waals surface area contributed by atoms with Gasteiger partial charge in [0.2, 0.25) is 0 Å². The minimum Gasteiger partial charge on any atom is -0.353 e. The third-order valence-corrected chi connectivity index (χ3v) is 9.77. The molecule has 0 aromatic carbocycles. The van der Waals surface area contributed by atoms with Gasteiger partial charge in [-0.3, -0.25) is 0 Å². The Morgan fingerprint density at radius 2 is 1.93 bits per heavy atom. The van der Waals surface area contributed by atoms with Crippen molar-refractivity contribution in [2.45, 2.75) is 90.4 Å². The maximum absolute atomic E-state index is 11.3. The van der Waals surface area contributed by atoms with Crippen molar-refractivity contribution in [1.82, 2.24) is 0 Å². The minimum atomic E-state index is 0.0434. The molecule has 1 heterocycles. The molecule has 0 bridgehead atoms. The molecule has 9 atom stereocenters. The van der Waals surface area contributed by atoms with Gasteiger partial charge >= 0.3 is 0 Å². The summed E-state index contributed by atoms with van der Waals surface area (Å²) >= 11 is 0. The fourth-order valence-corrected chi connectivity index (χ4v) is 8.12. The molecule has 0 aromatic rings. The molecule has 0 spiro atoms. The van der Waals surface area contributed by atoms with Crippen molar-refractivity contribution in [1.29, 1.82) is 0 Å². The monoisotopic (exact) mass is 386 g/mol. The smallest absolute Gasteiger partial charge is 0.157 e. The summed E-state index contributed by atoms with van der Waals surface area (Å²) < 4.78 is 12.5. The molecule has 156 valence electrons. The predicted octanol–water partition coefficient (Wildman–Crippen LogP) is 5.53. The fraction of sp³-hybridized carbons (Fsp3) is 0.880. The molecule has 4 fully saturated rings. The molecule has 5 rings (SSSR count). The summed E-state index contributed by atoms with van der Waals surface area (Å²) in [6.45, 7) is 5.91. The van der Waals surface area contributed by atoms with Crippen molar-refractivity contribution >= 4 is 6.29 Å². The highest BCUT2D eigenvalue weighted by Crippen LogP contribution is 2.66. The van der Waals surface area contributed by atoms with Crippen molar-refractivity contribution in [2.24, 2.45) is 40.4 Å². The van der Waals surface area contributed by atoms with Gasteiger partial charge in [0.25, 0.3) is 0 Å². The van der Waals surface area contributed by atoms with Crippen molar-refractivity contribution in [3.8, 4) is 0 Å². The lowest BCUT2D eigenvalue weighted by molar-refractivity contribution is -0.217. The third kappa shape index (κ3) is 2.95. The van der Waals surface area contributed by atoms with Crippen LogP contribution in [0.25, 0.3) is 0 Å². The number of fused-ring (bicyclic) bond motifs is 5. The second kappa shape index (κ2) is 7.23. The van der Waals surface area contributed by atoms with E-state index in [4.69, 9.17) is 9.47 Å². The highest BCUT2D eigenvalue weighted by molar-refractivity contribution is 5.57. The normalized spacial score (nSPS) is 53.1. The van der Waals surface area contributed by atoms with Crippen LogP contribution >= 0.6 is 0 Å². The van der Waals surface area contributed by atoms with Crippen molar-refractivity contribution in [2.75, 3.05) is 6.61 Å². The Bertz CT molecular complexity index is 623. The molecule has 3 nitrogen and oxygen atoms in total.